The highest BCUT2D eigenvalue weighted by atomic mass is 16.6. The molecule has 0 N–H and O–H groups in total. The Kier molecular flexibility index (Phi) is 4.15. The van der Waals surface area contributed by atoms with Crippen LogP contribution in [0.4, 0.5) is 4.79 Å². The van der Waals surface area contributed by atoms with Crippen LogP contribution >= 0.6 is 0 Å². The van der Waals surface area contributed by atoms with Gasteiger partial charge in [-0.1, -0.05) is 19.3 Å². The molecule has 1 aliphatic carbocycles. The van der Waals surface area contributed by atoms with Gasteiger partial charge in [0.2, 0.25) is 0 Å². The van der Waals surface area contributed by atoms with Crippen molar-refractivity contribution in [1.29, 1.82) is 0 Å². The first-order valence-electron chi connectivity index (χ1n) is 8.46. The molecule has 122 valence electrons. The highest BCUT2D eigenvalue weighted by Crippen LogP contribution is 2.35. The Morgan fingerprint density at radius 1 is 1.23 bits per heavy atom. The summed E-state index contributed by atoms with van der Waals surface area (Å²) in [6.07, 6.45) is 8.30. The van der Waals surface area contributed by atoms with Crippen LogP contribution in [-0.4, -0.2) is 32.9 Å². The summed E-state index contributed by atoms with van der Waals surface area (Å²) in [6, 6.07) is 0. The molecule has 5 nitrogen and oxygen atoms in total. The van der Waals surface area contributed by atoms with Crippen molar-refractivity contribution in [3.63, 3.8) is 0 Å². The minimum Gasteiger partial charge on any atom is -0.444 e. The maximum atomic E-state index is 12.3. The first-order valence-corrected chi connectivity index (χ1v) is 8.46. The molecule has 22 heavy (non-hydrogen) atoms. The van der Waals surface area contributed by atoms with E-state index in [1.54, 1.807) is 0 Å². The smallest absolute Gasteiger partial charge is 0.410 e. The fourth-order valence-electron chi connectivity index (χ4n) is 3.50. The van der Waals surface area contributed by atoms with Gasteiger partial charge < -0.3 is 9.64 Å². The Balaban J connectivity index is 1.74. The molecule has 0 unspecified atom stereocenters. The van der Waals surface area contributed by atoms with Crippen LogP contribution in [0.25, 0.3) is 0 Å². The van der Waals surface area contributed by atoms with E-state index in [-0.39, 0.29) is 6.09 Å². The Morgan fingerprint density at radius 2 is 1.95 bits per heavy atom. The van der Waals surface area contributed by atoms with Crippen molar-refractivity contribution < 1.29 is 9.53 Å². The lowest BCUT2D eigenvalue weighted by atomic mass is 9.84. The van der Waals surface area contributed by atoms with E-state index in [1.807, 2.05) is 31.9 Å². The van der Waals surface area contributed by atoms with Gasteiger partial charge in [0.1, 0.15) is 5.60 Å². The summed E-state index contributed by atoms with van der Waals surface area (Å²) in [4.78, 5) is 14.1. The quantitative estimate of drug-likeness (QED) is 0.795. The van der Waals surface area contributed by atoms with Gasteiger partial charge in [-0.15, -0.1) is 0 Å². The van der Waals surface area contributed by atoms with E-state index in [0.717, 1.165) is 6.54 Å². The second-order valence-corrected chi connectivity index (χ2v) is 7.51. The van der Waals surface area contributed by atoms with E-state index >= 15 is 0 Å². The van der Waals surface area contributed by atoms with Gasteiger partial charge >= 0.3 is 6.09 Å². The lowest BCUT2D eigenvalue weighted by molar-refractivity contribution is 0.0193. The van der Waals surface area contributed by atoms with Gasteiger partial charge in [0, 0.05) is 6.54 Å². The number of nitrogens with zero attached hydrogens (tertiary/aromatic N) is 3. The maximum Gasteiger partial charge on any atom is 0.410 e. The minimum atomic E-state index is -0.443. The van der Waals surface area contributed by atoms with Crippen LogP contribution in [0.5, 0.6) is 0 Å². The van der Waals surface area contributed by atoms with Gasteiger partial charge in [0.25, 0.3) is 0 Å². The van der Waals surface area contributed by atoms with Crippen molar-refractivity contribution in [3.05, 3.63) is 17.5 Å². The summed E-state index contributed by atoms with van der Waals surface area (Å²) in [5.41, 5.74) is 2.12. The summed E-state index contributed by atoms with van der Waals surface area (Å²) in [6.45, 7) is 7.79. The first-order chi connectivity index (χ1) is 10.4. The third kappa shape index (κ3) is 3.28. The van der Waals surface area contributed by atoms with Crippen LogP contribution in [0.1, 0.15) is 70.1 Å². The zero-order chi connectivity index (χ0) is 15.7. The molecule has 1 aromatic rings. The van der Waals surface area contributed by atoms with Crippen LogP contribution in [0.15, 0.2) is 6.20 Å². The van der Waals surface area contributed by atoms with Crippen molar-refractivity contribution in [1.82, 2.24) is 14.7 Å². The van der Waals surface area contributed by atoms with Crippen molar-refractivity contribution >= 4 is 6.09 Å². The van der Waals surface area contributed by atoms with Gasteiger partial charge in [0.05, 0.1) is 25.0 Å². The van der Waals surface area contributed by atoms with Crippen molar-refractivity contribution in [2.75, 3.05) is 6.54 Å². The molecule has 1 saturated carbocycles. The number of carbonyl (C=O) groups excluding carboxylic acids is 1. The molecule has 2 aliphatic rings. The van der Waals surface area contributed by atoms with Gasteiger partial charge in [-0.05, 0) is 45.1 Å². The van der Waals surface area contributed by atoms with Crippen molar-refractivity contribution in [2.45, 2.75) is 77.5 Å². The fourth-order valence-corrected chi connectivity index (χ4v) is 3.50. The van der Waals surface area contributed by atoms with Crippen LogP contribution in [0.3, 0.4) is 0 Å². The van der Waals surface area contributed by atoms with E-state index < -0.39 is 5.60 Å². The zero-order valence-corrected chi connectivity index (χ0v) is 14.0. The minimum absolute atomic E-state index is 0.213. The third-order valence-electron chi connectivity index (χ3n) is 4.60. The lowest BCUT2D eigenvalue weighted by Crippen LogP contribution is -2.41. The summed E-state index contributed by atoms with van der Waals surface area (Å²) in [5, 5.41) is 4.54. The average Bonchev–Trinajstić information content (AvgIpc) is 2.89. The maximum absolute atomic E-state index is 12.3. The summed E-state index contributed by atoms with van der Waals surface area (Å²) in [5.74, 6) is 0.621. The molecule has 2 heterocycles. The Labute approximate surface area is 132 Å². The summed E-state index contributed by atoms with van der Waals surface area (Å²) < 4.78 is 7.59. The van der Waals surface area contributed by atoms with E-state index in [2.05, 4.69) is 9.78 Å². The number of hydrogen-bond donors (Lipinski definition) is 0. The standard InChI is InChI=1S/C17H27N3O2/c1-17(2,3)22-16(21)19-9-10-20-15(12-19)14(11-18-20)13-7-5-4-6-8-13/h11,13H,4-10,12H2,1-3H3. The normalized spacial score (nSPS) is 19.9. The molecule has 1 aromatic heterocycles. The van der Waals surface area contributed by atoms with Gasteiger partial charge in [0.15, 0.2) is 0 Å². The Morgan fingerprint density at radius 3 is 2.64 bits per heavy atom. The van der Waals surface area contributed by atoms with E-state index in [0.29, 0.717) is 19.0 Å². The fraction of sp³-hybridized carbons (Fsp3) is 0.765. The number of fused-ring (bicyclic) bond motifs is 1. The van der Waals surface area contributed by atoms with E-state index in [4.69, 9.17) is 4.74 Å². The molecule has 0 bridgehead atoms. The largest absolute Gasteiger partial charge is 0.444 e. The van der Waals surface area contributed by atoms with Crippen LogP contribution < -0.4 is 0 Å². The number of rotatable bonds is 1. The monoisotopic (exact) mass is 305 g/mol. The molecule has 0 saturated heterocycles. The molecule has 1 fully saturated rings. The predicted octanol–water partition coefficient (Wildman–Crippen LogP) is 3.68. The average molecular weight is 305 g/mol. The number of hydrogen-bond acceptors (Lipinski definition) is 3. The van der Waals surface area contributed by atoms with E-state index in [9.17, 15) is 4.79 Å². The number of ether oxygens (including phenoxy) is 1. The van der Waals surface area contributed by atoms with E-state index in [1.165, 1.54) is 43.4 Å². The topological polar surface area (TPSA) is 47.4 Å². The van der Waals surface area contributed by atoms with Crippen LogP contribution in [0.2, 0.25) is 0 Å². The van der Waals surface area contributed by atoms with Crippen molar-refractivity contribution in [3.8, 4) is 0 Å². The molecular weight excluding hydrogens is 278 g/mol. The molecule has 0 spiro atoms. The summed E-state index contributed by atoms with van der Waals surface area (Å²) >= 11 is 0. The molecule has 1 aliphatic heterocycles. The Hall–Kier alpha value is -1.52. The van der Waals surface area contributed by atoms with Crippen LogP contribution in [-0.2, 0) is 17.8 Å². The molecular formula is C17H27N3O2. The molecule has 0 radical (unpaired) electrons. The highest BCUT2D eigenvalue weighted by Gasteiger charge is 2.30. The molecule has 3 rings (SSSR count). The molecule has 5 heteroatoms. The number of carbonyl (C=O) groups is 1. The SMILES string of the molecule is CC(C)(C)OC(=O)N1CCn2ncc(C3CCCCC3)c2C1. The second-order valence-electron chi connectivity index (χ2n) is 7.51. The molecule has 0 aromatic carbocycles. The summed E-state index contributed by atoms with van der Waals surface area (Å²) in [7, 11) is 0. The van der Waals surface area contributed by atoms with Gasteiger partial charge in [-0.25, -0.2) is 4.79 Å². The predicted molar refractivity (Wildman–Crippen MR) is 84.7 cm³/mol. The van der Waals surface area contributed by atoms with Gasteiger partial charge in [-0.3, -0.25) is 4.68 Å². The highest BCUT2D eigenvalue weighted by molar-refractivity contribution is 5.68. The van der Waals surface area contributed by atoms with Crippen molar-refractivity contribution in [2.24, 2.45) is 0 Å². The lowest BCUT2D eigenvalue weighted by Gasteiger charge is -2.32. The zero-order valence-electron chi connectivity index (χ0n) is 14.0. The molecule has 0 atom stereocenters. The second kappa shape index (κ2) is 5.94. The number of amides is 1. The first kappa shape index (κ1) is 15.4. The molecule has 1 amide bonds. The number of aromatic nitrogens is 2. The van der Waals surface area contributed by atoms with Gasteiger partial charge in [-0.2, -0.15) is 5.10 Å². The third-order valence-corrected chi connectivity index (χ3v) is 4.60. The van der Waals surface area contributed by atoms with Crippen LogP contribution in [0, 0.1) is 0 Å². The Bertz CT molecular complexity index is 539.